The Morgan fingerprint density at radius 2 is 1.44 bits per heavy atom. The van der Waals surface area contributed by atoms with Gasteiger partial charge in [-0.1, -0.05) is 12.2 Å². The summed E-state index contributed by atoms with van der Waals surface area (Å²) in [6, 6.07) is 0. The van der Waals surface area contributed by atoms with Gasteiger partial charge in [0.1, 0.15) is 0 Å². The van der Waals surface area contributed by atoms with Gasteiger partial charge in [-0.25, -0.2) is 0 Å². The Labute approximate surface area is 111 Å². The molecule has 5 nitrogen and oxygen atoms in total. The normalized spacial score (nSPS) is 11.2. The lowest BCUT2D eigenvalue weighted by Gasteiger charge is -2.03. The van der Waals surface area contributed by atoms with Gasteiger partial charge in [-0.3, -0.25) is 0 Å². The summed E-state index contributed by atoms with van der Waals surface area (Å²) >= 11 is 0. The number of nitrogens with one attached hydrogen (secondary N) is 3. The highest BCUT2D eigenvalue weighted by Crippen LogP contribution is 1.97. The van der Waals surface area contributed by atoms with Crippen molar-refractivity contribution in [1.82, 2.24) is 10.6 Å². The van der Waals surface area contributed by atoms with Crippen molar-refractivity contribution in [2.45, 2.75) is 25.7 Å². The standard InChI is InChI=1S/C13H29N5/c14-7-11-17-9-4-2-1-3-5-13(16)6-10-18-12-8-15/h1-2,16-18H,3-12,14-15H2/b2-1+,16-13?. The predicted octanol–water partition coefficient (Wildman–Crippen LogP) is 0.219. The number of nitrogens with two attached hydrogens (primary N) is 2. The van der Waals surface area contributed by atoms with Crippen LogP contribution in [0.4, 0.5) is 0 Å². The Hall–Kier alpha value is -0.750. The molecular weight excluding hydrogens is 226 g/mol. The molecule has 0 aromatic heterocycles. The average molecular weight is 255 g/mol. The number of allylic oxidation sites excluding steroid dienone is 1. The first-order chi connectivity index (χ1) is 8.81. The maximum Gasteiger partial charge on any atom is 0.0105 e. The second kappa shape index (κ2) is 14.3. The molecule has 0 atom stereocenters. The van der Waals surface area contributed by atoms with Gasteiger partial charge in [0.05, 0.1) is 0 Å². The Kier molecular flexibility index (Phi) is 13.7. The Morgan fingerprint density at radius 1 is 0.833 bits per heavy atom. The molecule has 0 aromatic rings. The van der Waals surface area contributed by atoms with E-state index in [2.05, 4.69) is 22.8 Å². The highest BCUT2D eigenvalue weighted by Gasteiger charge is 1.95. The molecule has 0 amide bonds. The quantitative estimate of drug-likeness (QED) is 0.185. The summed E-state index contributed by atoms with van der Waals surface area (Å²) in [5.41, 5.74) is 11.5. The smallest absolute Gasteiger partial charge is 0.0105 e. The zero-order chi connectivity index (χ0) is 13.5. The zero-order valence-corrected chi connectivity index (χ0v) is 11.4. The molecule has 0 fully saturated rings. The Bertz CT molecular complexity index is 215. The molecule has 0 aliphatic heterocycles. The summed E-state index contributed by atoms with van der Waals surface area (Å²) in [5, 5.41) is 14.2. The lowest BCUT2D eigenvalue weighted by atomic mass is 10.1. The first kappa shape index (κ1) is 17.2. The van der Waals surface area contributed by atoms with Crippen molar-refractivity contribution in [3.8, 4) is 0 Å². The van der Waals surface area contributed by atoms with Gasteiger partial charge >= 0.3 is 0 Å². The van der Waals surface area contributed by atoms with E-state index in [1.165, 1.54) is 0 Å². The minimum Gasteiger partial charge on any atom is -0.329 e. The molecule has 0 aliphatic carbocycles. The van der Waals surface area contributed by atoms with Crippen LogP contribution in [0.25, 0.3) is 0 Å². The molecule has 106 valence electrons. The molecule has 0 radical (unpaired) electrons. The largest absolute Gasteiger partial charge is 0.329 e. The molecular formula is C13H29N5. The first-order valence-electron chi connectivity index (χ1n) is 6.84. The number of rotatable bonds is 13. The van der Waals surface area contributed by atoms with Gasteiger partial charge in [0, 0.05) is 38.4 Å². The SMILES string of the molecule is N=C(CC/C=C/CCNCCN)CCNCCN. The van der Waals surface area contributed by atoms with Crippen molar-refractivity contribution < 1.29 is 0 Å². The highest BCUT2D eigenvalue weighted by molar-refractivity contribution is 5.81. The van der Waals surface area contributed by atoms with Crippen LogP contribution in [0.15, 0.2) is 12.2 Å². The third-order valence-corrected chi connectivity index (χ3v) is 2.51. The highest BCUT2D eigenvalue weighted by atomic mass is 14.9. The van der Waals surface area contributed by atoms with Gasteiger partial charge in [-0.05, 0) is 32.2 Å². The van der Waals surface area contributed by atoms with E-state index in [0.717, 1.165) is 57.6 Å². The van der Waals surface area contributed by atoms with Crippen LogP contribution in [-0.4, -0.2) is 45.0 Å². The Balaban J connectivity index is 3.25. The monoisotopic (exact) mass is 255 g/mol. The van der Waals surface area contributed by atoms with E-state index < -0.39 is 0 Å². The van der Waals surface area contributed by atoms with Crippen LogP contribution >= 0.6 is 0 Å². The van der Waals surface area contributed by atoms with Crippen molar-refractivity contribution in [3.63, 3.8) is 0 Å². The van der Waals surface area contributed by atoms with E-state index in [0.29, 0.717) is 13.1 Å². The molecule has 7 N–H and O–H groups in total. The van der Waals surface area contributed by atoms with Crippen LogP contribution in [0.1, 0.15) is 25.7 Å². The summed E-state index contributed by atoms with van der Waals surface area (Å²) in [6.45, 7) is 4.92. The average Bonchev–Trinajstić information content (AvgIpc) is 2.38. The van der Waals surface area contributed by atoms with E-state index in [4.69, 9.17) is 16.9 Å². The van der Waals surface area contributed by atoms with Gasteiger partial charge < -0.3 is 27.5 Å². The van der Waals surface area contributed by atoms with E-state index in [1.807, 2.05) is 0 Å². The summed E-state index contributed by atoms with van der Waals surface area (Å²) < 4.78 is 0. The molecule has 0 spiro atoms. The van der Waals surface area contributed by atoms with Gasteiger partial charge in [0.25, 0.3) is 0 Å². The fourth-order valence-electron chi connectivity index (χ4n) is 1.50. The van der Waals surface area contributed by atoms with Gasteiger partial charge in [-0.2, -0.15) is 0 Å². The third kappa shape index (κ3) is 13.3. The second-order valence-corrected chi connectivity index (χ2v) is 4.23. The summed E-state index contributed by atoms with van der Waals surface area (Å²) in [7, 11) is 0. The van der Waals surface area contributed by atoms with Crippen molar-refractivity contribution >= 4 is 5.71 Å². The molecule has 5 heteroatoms. The zero-order valence-electron chi connectivity index (χ0n) is 11.4. The van der Waals surface area contributed by atoms with Gasteiger partial charge in [0.15, 0.2) is 0 Å². The van der Waals surface area contributed by atoms with Crippen molar-refractivity contribution in [1.29, 1.82) is 5.41 Å². The van der Waals surface area contributed by atoms with Crippen LogP contribution in [-0.2, 0) is 0 Å². The van der Waals surface area contributed by atoms with Crippen LogP contribution in [0.2, 0.25) is 0 Å². The lowest BCUT2D eigenvalue weighted by Crippen LogP contribution is -2.24. The van der Waals surface area contributed by atoms with Crippen molar-refractivity contribution in [2.75, 3.05) is 39.3 Å². The minimum absolute atomic E-state index is 0.661. The van der Waals surface area contributed by atoms with E-state index in [-0.39, 0.29) is 0 Å². The molecule has 0 bridgehead atoms. The molecule has 0 saturated carbocycles. The lowest BCUT2D eigenvalue weighted by molar-refractivity contribution is 0.695. The van der Waals surface area contributed by atoms with Gasteiger partial charge in [0.2, 0.25) is 0 Å². The van der Waals surface area contributed by atoms with E-state index in [1.54, 1.807) is 0 Å². The minimum atomic E-state index is 0.661. The maximum atomic E-state index is 7.76. The predicted molar refractivity (Wildman–Crippen MR) is 79.2 cm³/mol. The third-order valence-electron chi connectivity index (χ3n) is 2.51. The van der Waals surface area contributed by atoms with E-state index in [9.17, 15) is 0 Å². The summed E-state index contributed by atoms with van der Waals surface area (Å²) in [4.78, 5) is 0. The van der Waals surface area contributed by atoms with E-state index >= 15 is 0 Å². The van der Waals surface area contributed by atoms with Crippen LogP contribution in [0.5, 0.6) is 0 Å². The number of hydrogen-bond acceptors (Lipinski definition) is 5. The summed E-state index contributed by atoms with van der Waals surface area (Å²) in [5.74, 6) is 0. The van der Waals surface area contributed by atoms with Crippen molar-refractivity contribution in [3.05, 3.63) is 12.2 Å². The number of hydrogen-bond donors (Lipinski definition) is 5. The molecule has 0 heterocycles. The van der Waals surface area contributed by atoms with Crippen LogP contribution in [0.3, 0.4) is 0 Å². The molecule has 0 unspecified atom stereocenters. The van der Waals surface area contributed by atoms with Crippen LogP contribution < -0.4 is 22.1 Å². The second-order valence-electron chi connectivity index (χ2n) is 4.23. The van der Waals surface area contributed by atoms with Gasteiger partial charge in [-0.15, -0.1) is 0 Å². The molecule has 18 heavy (non-hydrogen) atoms. The fraction of sp³-hybridized carbons (Fsp3) is 0.769. The maximum absolute atomic E-state index is 7.76. The summed E-state index contributed by atoms with van der Waals surface area (Å²) in [6.07, 6.45) is 8.01. The van der Waals surface area contributed by atoms with Crippen molar-refractivity contribution in [2.24, 2.45) is 11.5 Å². The Morgan fingerprint density at radius 3 is 2.11 bits per heavy atom. The first-order valence-corrected chi connectivity index (χ1v) is 6.84. The fourth-order valence-corrected chi connectivity index (χ4v) is 1.50. The molecule has 0 aliphatic rings. The molecule has 0 saturated heterocycles. The van der Waals surface area contributed by atoms with Crippen LogP contribution in [0, 0.1) is 5.41 Å². The topological polar surface area (TPSA) is 100.0 Å². The molecule has 0 rings (SSSR count). The molecule has 0 aromatic carbocycles.